The van der Waals surface area contributed by atoms with Gasteiger partial charge in [0.25, 0.3) is 10.2 Å². The first kappa shape index (κ1) is 35.8. The predicted molar refractivity (Wildman–Crippen MR) is 52.5 cm³/mol. The zero-order valence-corrected chi connectivity index (χ0v) is 15.2. The molecule has 0 aromatic rings. The van der Waals surface area contributed by atoms with Gasteiger partial charge >= 0.3 is 10.2 Å². The summed E-state index contributed by atoms with van der Waals surface area (Å²) in [5.74, 6) is 4.78. The molecule has 2 atom stereocenters. The second kappa shape index (κ2) is 18.6. The Labute approximate surface area is 175 Å². The number of hydrogen-bond donors (Lipinski definition) is 6. The average Bonchev–Trinajstić information content (AvgIpc) is 2.35. The van der Waals surface area contributed by atoms with Crippen molar-refractivity contribution in [1.29, 1.82) is 0 Å². The topological polar surface area (TPSA) is 392 Å². The molecule has 0 aromatic carbocycles. The molecule has 0 aliphatic carbocycles. The average molecular weight is 550 g/mol. The standard InChI is InChI=1S/Ce.2H4N3O6.2HNO3/c;2*1-8-3(6,7)9-2(4)5;2*2-1(3)4/h;2*6H,1H3;2*(H,2,3,4)/q;2*+1;;. The van der Waals surface area contributed by atoms with Gasteiger partial charge in [-0.25, -0.2) is 0 Å². The van der Waals surface area contributed by atoms with E-state index in [9.17, 15) is 30.6 Å². The van der Waals surface area contributed by atoms with Crippen LogP contribution in [-0.4, -0.2) is 51.4 Å². The zero-order chi connectivity index (χ0) is 22.1. The van der Waals surface area contributed by atoms with Crippen LogP contribution < -0.4 is 11.8 Å². The second-order valence-corrected chi connectivity index (χ2v) is 2.28. The number of rotatable bonds is 6. The molecule has 0 rings (SSSR count). The molecular weight excluding hydrogens is 540 g/mol. The van der Waals surface area contributed by atoms with Crippen molar-refractivity contribution < 1.29 is 125 Å². The van der Waals surface area contributed by atoms with E-state index in [0.29, 0.717) is 0 Å². The number of nitrogens with zero attached hydrogens (tertiary/aromatic N) is 6. The van der Waals surface area contributed by atoms with Crippen molar-refractivity contribution in [3.63, 3.8) is 0 Å². The van der Waals surface area contributed by atoms with Crippen molar-refractivity contribution in [3.05, 3.63) is 50.9 Å². The van der Waals surface area contributed by atoms with Gasteiger partial charge in [-0.2, -0.15) is 11.8 Å². The molecule has 0 radical (unpaired) electrons. The van der Waals surface area contributed by atoms with E-state index in [1.807, 2.05) is 0 Å². The summed E-state index contributed by atoms with van der Waals surface area (Å²) in [5.41, 5.74) is 0. The number of quaternary nitrogens is 4. The van der Waals surface area contributed by atoms with Gasteiger partial charge in [-0.3, -0.25) is 0 Å². The summed E-state index contributed by atoms with van der Waals surface area (Å²) in [4.78, 5) is 47.7. The third kappa shape index (κ3) is 59.4. The van der Waals surface area contributed by atoms with Crippen LogP contribution in [0, 0.1) is 92.6 Å². The van der Waals surface area contributed by atoms with Crippen LogP contribution in [-0.2, 0) is 19.8 Å². The molecule has 0 aliphatic heterocycles. The second-order valence-electron chi connectivity index (χ2n) is 2.28. The van der Waals surface area contributed by atoms with E-state index >= 15 is 0 Å². The minimum absolute atomic E-state index is 0. The van der Waals surface area contributed by atoms with Crippen molar-refractivity contribution in [1.82, 2.24) is 0 Å². The molecule has 26 nitrogen and oxygen atoms in total. The molecule has 27 heavy (non-hydrogen) atoms. The van der Waals surface area contributed by atoms with Crippen LogP contribution in [0.3, 0.4) is 0 Å². The van der Waals surface area contributed by atoms with Gasteiger partial charge in [0.15, 0.2) is 10.3 Å². The van der Waals surface area contributed by atoms with E-state index in [1.54, 1.807) is 0 Å². The van der Waals surface area contributed by atoms with Gasteiger partial charge in [0.2, 0.25) is 0 Å². The molecule has 0 aromatic heterocycles. The maximum Gasteiger partial charge on any atom is 0.346 e. The fraction of sp³-hybridized carbons (Fsp3) is 0. The van der Waals surface area contributed by atoms with Crippen molar-refractivity contribution in [2.45, 2.75) is 0 Å². The van der Waals surface area contributed by atoms with E-state index in [1.165, 1.54) is 0 Å². The largest absolute Gasteiger partial charge is 0.521 e. The third-order valence-corrected chi connectivity index (χ3v) is 0.666. The summed E-state index contributed by atoms with van der Waals surface area (Å²) in [7, 11) is 0. The van der Waals surface area contributed by atoms with Crippen LogP contribution in [0.2, 0.25) is 0 Å². The van der Waals surface area contributed by atoms with E-state index in [0.717, 1.165) is 0 Å². The fourth-order valence-corrected chi connectivity index (χ4v) is 0.216. The molecule has 0 fully saturated rings. The van der Waals surface area contributed by atoms with Crippen LogP contribution in [0.1, 0.15) is 0 Å². The van der Waals surface area contributed by atoms with Gasteiger partial charge in [0, 0.05) is 41.7 Å². The van der Waals surface area contributed by atoms with Gasteiger partial charge in [-0.05, 0) is 9.88 Å². The Hall–Kier alpha value is -2.22. The van der Waals surface area contributed by atoms with Crippen LogP contribution in [0.5, 0.6) is 0 Å². The molecule has 27 heteroatoms. The summed E-state index contributed by atoms with van der Waals surface area (Å²) >= 11 is 0. The quantitative estimate of drug-likeness (QED) is 0.102. The molecule has 0 amide bonds. The molecule has 0 spiro atoms. The van der Waals surface area contributed by atoms with E-state index in [4.69, 9.17) is 41.1 Å². The maximum atomic E-state index is 9.83. The first-order valence-electron chi connectivity index (χ1n) is 4.30. The smallest absolute Gasteiger partial charge is 0.346 e. The molecule has 0 bridgehead atoms. The third-order valence-electron chi connectivity index (χ3n) is 0.666. The first-order valence-corrected chi connectivity index (χ1v) is 4.30. The minimum atomic E-state index is -2.91. The van der Waals surface area contributed by atoms with E-state index < -0.39 is 30.6 Å². The SMILES string of the molecule is O=[N+]([O-])O.O=[N+]([O-])O.[Ce].[NH3+]O[N+]([O-])(O)O[N+](=O)[O-].[NH3+]O[N+]([O-])(O)O[N+](=O)[O-]. The molecule has 10 N–H and O–H groups in total. The summed E-state index contributed by atoms with van der Waals surface area (Å²) < 4.78 is 0. The maximum absolute atomic E-state index is 9.83. The Morgan fingerprint density at radius 2 is 0.852 bits per heavy atom. The van der Waals surface area contributed by atoms with E-state index in [2.05, 4.69) is 31.5 Å². The van der Waals surface area contributed by atoms with Crippen LogP contribution in [0.4, 0.5) is 0 Å². The molecule has 160 valence electrons. The Bertz CT molecular complexity index is 383. The van der Waals surface area contributed by atoms with Crippen molar-refractivity contribution in [3.8, 4) is 0 Å². The van der Waals surface area contributed by atoms with Gasteiger partial charge in [0.1, 0.15) is 0 Å². The Morgan fingerprint density at radius 3 is 0.889 bits per heavy atom. The van der Waals surface area contributed by atoms with Crippen molar-refractivity contribution in [2.24, 2.45) is 0 Å². The molecular formula is H10CeN8O18+2. The van der Waals surface area contributed by atoms with Gasteiger partial charge in [0.05, 0.1) is 9.88 Å². The summed E-state index contributed by atoms with van der Waals surface area (Å²) in [6.07, 6.45) is 0. The number of hydrogen-bond acceptors (Lipinski definition) is 16. The van der Waals surface area contributed by atoms with Gasteiger partial charge in [-0.1, -0.05) is 0 Å². The van der Waals surface area contributed by atoms with Crippen molar-refractivity contribution >= 4 is 0 Å². The van der Waals surface area contributed by atoms with Crippen LogP contribution >= 0.6 is 0 Å². The van der Waals surface area contributed by atoms with Gasteiger partial charge < -0.3 is 20.8 Å². The normalized spacial score (nSPS) is 12.7. The molecule has 0 aliphatic rings. The fourth-order valence-electron chi connectivity index (χ4n) is 0.216. The molecule has 0 heterocycles. The summed E-state index contributed by atoms with van der Waals surface area (Å²) in [6.45, 7) is 0. The minimum Gasteiger partial charge on any atom is -0.521 e. The molecule has 0 saturated carbocycles. The van der Waals surface area contributed by atoms with E-state index in [-0.39, 0.29) is 41.7 Å². The molecule has 2 unspecified atom stereocenters. The molecule has 0 saturated heterocycles. The Kier molecular flexibility index (Phi) is 24.6. The summed E-state index contributed by atoms with van der Waals surface area (Å²) in [6, 6.07) is 0. The van der Waals surface area contributed by atoms with Crippen LogP contribution in [0.25, 0.3) is 0 Å². The monoisotopic (exact) mass is 550 g/mol. The van der Waals surface area contributed by atoms with Crippen LogP contribution in [0.15, 0.2) is 0 Å². The Morgan fingerprint density at radius 1 is 0.704 bits per heavy atom. The van der Waals surface area contributed by atoms with Gasteiger partial charge in [-0.15, -0.1) is 50.9 Å². The zero-order valence-electron chi connectivity index (χ0n) is 12.1. The summed E-state index contributed by atoms with van der Waals surface area (Å²) in [5, 5.41) is 72.5. The van der Waals surface area contributed by atoms with Crippen molar-refractivity contribution in [2.75, 3.05) is 0 Å². The first-order chi connectivity index (χ1) is 11.4. The predicted octanol–water partition coefficient (Wildman–Crippen LogP) is -4.89. The Balaban J connectivity index is -0.0000000843.